The van der Waals surface area contributed by atoms with Crippen LogP contribution in [-0.2, 0) is 14.6 Å². The van der Waals surface area contributed by atoms with Crippen LogP contribution in [0.4, 0.5) is 5.69 Å². The first-order valence-corrected chi connectivity index (χ1v) is 8.30. The fourth-order valence-corrected chi connectivity index (χ4v) is 3.51. The van der Waals surface area contributed by atoms with Crippen molar-refractivity contribution in [3.8, 4) is 5.75 Å². The Kier molecular flexibility index (Phi) is 4.01. The van der Waals surface area contributed by atoms with Crippen LogP contribution in [0.15, 0.2) is 58.3 Å². The van der Waals surface area contributed by atoms with Crippen molar-refractivity contribution in [2.24, 2.45) is 0 Å². The lowest BCUT2D eigenvalue weighted by Crippen LogP contribution is -2.07. The van der Waals surface area contributed by atoms with Gasteiger partial charge < -0.3 is 9.47 Å². The minimum absolute atomic E-state index is 0.0467. The quantitative estimate of drug-likeness (QED) is 0.456. The second-order valence-corrected chi connectivity index (χ2v) is 6.89. The first-order valence-electron chi connectivity index (χ1n) is 6.81. The molecule has 1 heterocycles. The van der Waals surface area contributed by atoms with Crippen molar-refractivity contribution in [3.05, 3.63) is 58.6 Å². The molecule has 0 radical (unpaired) electrons. The molecule has 0 spiro atoms. The summed E-state index contributed by atoms with van der Waals surface area (Å²) in [4.78, 5) is 9.95. The normalized spacial score (nSPS) is 16.8. The highest BCUT2D eigenvalue weighted by Gasteiger charge is 2.27. The molecule has 0 aliphatic carbocycles. The van der Waals surface area contributed by atoms with Crippen molar-refractivity contribution in [1.82, 2.24) is 0 Å². The van der Waals surface area contributed by atoms with Crippen LogP contribution in [0.3, 0.4) is 0 Å². The van der Waals surface area contributed by atoms with Crippen LogP contribution >= 0.6 is 0 Å². The SMILES string of the molecule is O=[N+]([O-])c1ccccc1S(=O)(=O)c1cccc(OCC2CO2)c1. The standard InChI is InChI=1S/C15H13NO6S/c17-16(18)14-6-1-2-7-15(14)23(19,20)13-5-3-4-11(8-13)21-9-12-10-22-12/h1-8,12H,9-10H2. The van der Waals surface area contributed by atoms with Gasteiger partial charge in [0.15, 0.2) is 0 Å². The average molecular weight is 335 g/mol. The number of hydrogen-bond acceptors (Lipinski definition) is 6. The van der Waals surface area contributed by atoms with E-state index >= 15 is 0 Å². The van der Waals surface area contributed by atoms with E-state index in [0.29, 0.717) is 19.0 Å². The molecule has 8 heteroatoms. The topological polar surface area (TPSA) is 99.0 Å². The zero-order chi connectivity index (χ0) is 16.4. The fourth-order valence-electron chi connectivity index (χ4n) is 2.05. The maximum absolute atomic E-state index is 12.7. The Morgan fingerprint density at radius 2 is 1.96 bits per heavy atom. The van der Waals surface area contributed by atoms with Crippen LogP contribution in [0.1, 0.15) is 0 Å². The second kappa shape index (κ2) is 5.98. The third kappa shape index (κ3) is 3.33. The summed E-state index contributed by atoms with van der Waals surface area (Å²) >= 11 is 0. The van der Waals surface area contributed by atoms with Crippen LogP contribution in [-0.4, -0.2) is 32.7 Å². The van der Waals surface area contributed by atoms with Gasteiger partial charge in [0.1, 0.15) is 23.4 Å². The van der Waals surface area contributed by atoms with Gasteiger partial charge in [-0.25, -0.2) is 8.42 Å². The average Bonchev–Trinajstić information content (AvgIpc) is 3.37. The van der Waals surface area contributed by atoms with Gasteiger partial charge in [0, 0.05) is 6.07 Å². The van der Waals surface area contributed by atoms with Gasteiger partial charge in [-0.15, -0.1) is 0 Å². The highest BCUT2D eigenvalue weighted by molar-refractivity contribution is 7.91. The Bertz CT molecular complexity index is 845. The second-order valence-electron chi connectivity index (χ2n) is 4.97. The summed E-state index contributed by atoms with van der Waals surface area (Å²) in [5.41, 5.74) is -0.454. The Hall–Kier alpha value is -2.45. The molecule has 0 aromatic heterocycles. The van der Waals surface area contributed by atoms with Crippen molar-refractivity contribution in [3.63, 3.8) is 0 Å². The highest BCUT2D eigenvalue weighted by atomic mass is 32.2. The van der Waals surface area contributed by atoms with Gasteiger partial charge >= 0.3 is 0 Å². The van der Waals surface area contributed by atoms with Gasteiger partial charge in [-0.2, -0.15) is 0 Å². The van der Waals surface area contributed by atoms with E-state index in [1.165, 1.54) is 36.4 Å². The summed E-state index contributed by atoms with van der Waals surface area (Å²) in [5.74, 6) is 0.375. The summed E-state index contributed by atoms with van der Waals surface area (Å²) in [5, 5.41) is 11.1. The van der Waals surface area contributed by atoms with Gasteiger partial charge in [0.05, 0.1) is 16.4 Å². The van der Waals surface area contributed by atoms with Crippen LogP contribution < -0.4 is 4.74 Å². The molecule has 23 heavy (non-hydrogen) atoms. The molecule has 1 unspecified atom stereocenters. The molecule has 0 bridgehead atoms. The van der Waals surface area contributed by atoms with E-state index in [-0.39, 0.29) is 15.9 Å². The Balaban J connectivity index is 1.96. The number of rotatable bonds is 6. The predicted octanol–water partition coefficient (Wildman–Crippen LogP) is 2.21. The van der Waals surface area contributed by atoms with E-state index in [1.807, 2.05) is 0 Å². The van der Waals surface area contributed by atoms with Gasteiger partial charge in [-0.05, 0) is 24.3 Å². The number of para-hydroxylation sites is 1. The molecular formula is C15H13NO6S. The summed E-state index contributed by atoms with van der Waals surface area (Å²) in [6.07, 6.45) is 0.0467. The lowest BCUT2D eigenvalue weighted by atomic mass is 10.3. The third-order valence-electron chi connectivity index (χ3n) is 3.31. The monoisotopic (exact) mass is 335 g/mol. The number of ether oxygens (including phenoxy) is 2. The van der Waals surface area contributed by atoms with Crippen LogP contribution in [0.5, 0.6) is 5.75 Å². The van der Waals surface area contributed by atoms with E-state index in [2.05, 4.69) is 0 Å². The van der Waals surface area contributed by atoms with Crippen molar-refractivity contribution in [1.29, 1.82) is 0 Å². The smallest absolute Gasteiger partial charge is 0.288 e. The predicted molar refractivity (Wildman–Crippen MR) is 80.2 cm³/mol. The number of nitrogens with zero attached hydrogens (tertiary/aromatic N) is 1. The minimum Gasteiger partial charge on any atom is -0.491 e. The van der Waals surface area contributed by atoms with E-state index in [9.17, 15) is 18.5 Å². The zero-order valence-electron chi connectivity index (χ0n) is 11.9. The molecule has 120 valence electrons. The number of nitro groups is 1. The third-order valence-corrected chi connectivity index (χ3v) is 5.10. The first kappa shape index (κ1) is 15.4. The van der Waals surface area contributed by atoms with Gasteiger partial charge in [0.2, 0.25) is 9.84 Å². The zero-order valence-corrected chi connectivity index (χ0v) is 12.7. The first-order chi connectivity index (χ1) is 11.0. The molecule has 2 aromatic rings. The van der Waals surface area contributed by atoms with Crippen molar-refractivity contribution in [2.75, 3.05) is 13.2 Å². The van der Waals surface area contributed by atoms with E-state index in [1.54, 1.807) is 6.07 Å². The molecule has 7 nitrogen and oxygen atoms in total. The van der Waals surface area contributed by atoms with Gasteiger partial charge in [0.25, 0.3) is 5.69 Å². The van der Waals surface area contributed by atoms with E-state index in [4.69, 9.17) is 9.47 Å². The number of benzene rings is 2. The van der Waals surface area contributed by atoms with Gasteiger partial charge in [-0.3, -0.25) is 10.1 Å². The number of sulfone groups is 1. The Morgan fingerprint density at radius 1 is 1.22 bits per heavy atom. The molecule has 1 fully saturated rings. The number of hydrogen-bond donors (Lipinski definition) is 0. The van der Waals surface area contributed by atoms with Crippen molar-refractivity contribution >= 4 is 15.5 Å². The molecule has 2 aromatic carbocycles. The summed E-state index contributed by atoms with van der Waals surface area (Å²) in [7, 11) is -4.01. The van der Waals surface area contributed by atoms with Crippen molar-refractivity contribution in [2.45, 2.75) is 15.9 Å². The molecule has 0 N–H and O–H groups in total. The largest absolute Gasteiger partial charge is 0.491 e. The molecule has 1 aliphatic heterocycles. The molecule has 1 atom stereocenters. The summed E-state index contributed by atoms with van der Waals surface area (Å²) in [6, 6.07) is 11.2. The summed E-state index contributed by atoms with van der Waals surface area (Å²) in [6.45, 7) is 0.975. The van der Waals surface area contributed by atoms with Crippen LogP contribution in [0, 0.1) is 10.1 Å². The van der Waals surface area contributed by atoms with E-state index < -0.39 is 20.4 Å². The van der Waals surface area contributed by atoms with Gasteiger partial charge in [-0.1, -0.05) is 18.2 Å². The number of nitro benzene ring substituents is 1. The maximum atomic E-state index is 12.7. The molecular weight excluding hydrogens is 322 g/mol. The minimum atomic E-state index is -4.01. The fraction of sp³-hybridized carbons (Fsp3) is 0.200. The Morgan fingerprint density at radius 3 is 2.65 bits per heavy atom. The van der Waals surface area contributed by atoms with Crippen LogP contribution in [0.2, 0.25) is 0 Å². The lowest BCUT2D eigenvalue weighted by molar-refractivity contribution is -0.387. The molecule has 3 rings (SSSR count). The highest BCUT2D eigenvalue weighted by Crippen LogP contribution is 2.30. The number of epoxide rings is 1. The lowest BCUT2D eigenvalue weighted by Gasteiger charge is -2.08. The Labute approximate surface area is 132 Å². The molecule has 1 saturated heterocycles. The molecule has 0 saturated carbocycles. The molecule has 1 aliphatic rings. The summed E-state index contributed by atoms with van der Waals surface area (Å²) < 4.78 is 35.8. The maximum Gasteiger partial charge on any atom is 0.288 e. The van der Waals surface area contributed by atoms with Crippen LogP contribution in [0.25, 0.3) is 0 Å². The van der Waals surface area contributed by atoms with Crippen molar-refractivity contribution < 1.29 is 22.8 Å². The van der Waals surface area contributed by atoms with E-state index in [0.717, 1.165) is 6.07 Å². The molecule has 0 amide bonds.